The molecule has 0 fully saturated rings. The van der Waals surface area contributed by atoms with Crippen LogP contribution in [0.15, 0.2) is 34.7 Å². The van der Waals surface area contributed by atoms with Crippen LogP contribution in [0.5, 0.6) is 0 Å². The highest BCUT2D eigenvalue weighted by atomic mass is 16.4. The van der Waals surface area contributed by atoms with Crippen molar-refractivity contribution in [2.75, 3.05) is 11.1 Å². The molecule has 3 N–H and O–H groups in total. The molecule has 0 bridgehead atoms. The van der Waals surface area contributed by atoms with Gasteiger partial charge in [0.25, 0.3) is 5.91 Å². The number of aryl methyl sites for hydroxylation is 3. The van der Waals surface area contributed by atoms with Gasteiger partial charge in [-0.25, -0.2) is 4.98 Å². The molecule has 0 saturated heterocycles. The summed E-state index contributed by atoms with van der Waals surface area (Å²) >= 11 is 0. The molecular formula is C17H17N3O2. The van der Waals surface area contributed by atoms with E-state index in [1.54, 1.807) is 0 Å². The van der Waals surface area contributed by atoms with Crippen LogP contribution < -0.4 is 11.1 Å². The minimum Gasteiger partial charge on any atom is -0.430 e. The zero-order valence-electron chi connectivity index (χ0n) is 12.7. The van der Waals surface area contributed by atoms with Gasteiger partial charge in [-0.05, 0) is 44.5 Å². The van der Waals surface area contributed by atoms with Crippen LogP contribution in [-0.2, 0) is 0 Å². The van der Waals surface area contributed by atoms with Crippen molar-refractivity contribution in [3.63, 3.8) is 0 Å². The molecule has 22 heavy (non-hydrogen) atoms. The first-order chi connectivity index (χ1) is 10.5. The molecular weight excluding hydrogens is 278 g/mol. The number of fused-ring (bicyclic) bond motifs is 1. The zero-order chi connectivity index (χ0) is 15.9. The molecule has 5 nitrogen and oxygen atoms in total. The fourth-order valence-electron chi connectivity index (χ4n) is 2.46. The number of nitrogen functional groups attached to an aromatic ring is 1. The summed E-state index contributed by atoms with van der Waals surface area (Å²) in [7, 11) is 0. The van der Waals surface area contributed by atoms with Gasteiger partial charge in [0.05, 0.1) is 11.1 Å². The summed E-state index contributed by atoms with van der Waals surface area (Å²) < 4.78 is 5.57. The number of furan rings is 1. The minimum atomic E-state index is -0.378. The Kier molecular flexibility index (Phi) is 3.33. The number of hydrogen-bond acceptors (Lipinski definition) is 4. The number of benzene rings is 1. The second-order valence-electron chi connectivity index (χ2n) is 5.43. The molecule has 0 radical (unpaired) electrons. The van der Waals surface area contributed by atoms with E-state index in [-0.39, 0.29) is 11.7 Å². The Morgan fingerprint density at radius 2 is 1.86 bits per heavy atom. The van der Waals surface area contributed by atoms with Crippen LogP contribution in [0.2, 0.25) is 0 Å². The standard InChI is InChI=1S/C17H17N3O2/c1-9-4-6-12(7-5-9)20-16(21)15-14(18)13-10(2)8-11(3)19-17(13)22-15/h4-8H,18H2,1-3H3,(H,20,21). The monoisotopic (exact) mass is 295 g/mol. The zero-order valence-corrected chi connectivity index (χ0v) is 12.7. The normalized spacial score (nSPS) is 10.9. The number of nitrogens with two attached hydrogens (primary N) is 1. The average Bonchev–Trinajstić information content (AvgIpc) is 2.78. The molecule has 3 rings (SSSR count). The topological polar surface area (TPSA) is 81.2 Å². The Bertz CT molecular complexity index is 864. The quantitative estimate of drug-likeness (QED) is 0.757. The van der Waals surface area contributed by atoms with E-state index < -0.39 is 0 Å². The molecule has 1 amide bonds. The lowest BCUT2D eigenvalue weighted by atomic mass is 10.1. The fourth-order valence-corrected chi connectivity index (χ4v) is 2.46. The lowest BCUT2D eigenvalue weighted by Gasteiger charge is -2.04. The Balaban J connectivity index is 1.99. The maximum absolute atomic E-state index is 12.4. The number of nitrogens with zero attached hydrogens (tertiary/aromatic N) is 1. The molecule has 112 valence electrons. The predicted molar refractivity (Wildman–Crippen MR) is 87.0 cm³/mol. The average molecular weight is 295 g/mol. The van der Waals surface area contributed by atoms with Gasteiger partial charge < -0.3 is 15.5 Å². The number of rotatable bonds is 2. The number of anilines is 2. The number of hydrogen-bond donors (Lipinski definition) is 2. The van der Waals surface area contributed by atoms with E-state index in [1.807, 2.05) is 51.1 Å². The molecule has 2 heterocycles. The summed E-state index contributed by atoms with van der Waals surface area (Å²) in [6, 6.07) is 9.43. The molecule has 0 aliphatic rings. The van der Waals surface area contributed by atoms with E-state index in [1.165, 1.54) is 0 Å². The lowest BCUT2D eigenvalue weighted by molar-refractivity contribution is 0.0999. The van der Waals surface area contributed by atoms with Gasteiger partial charge in [0.1, 0.15) is 0 Å². The number of carbonyl (C=O) groups excluding carboxylic acids is 1. The lowest BCUT2D eigenvalue weighted by Crippen LogP contribution is -2.12. The Hall–Kier alpha value is -2.82. The fraction of sp³-hybridized carbons (Fsp3) is 0.176. The van der Waals surface area contributed by atoms with Crippen molar-refractivity contribution in [1.82, 2.24) is 4.98 Å². The third-order valence-electron chi connectivity index (χ3n) is 3.54. The van der Waals surface area contributed by atoms with E-state index in [0.29, 0.717) is 22.5 Å². The van der Waals surface area contributed by atoms with Crippen molar-refractivity contribution in [3.8, 4) is 0 Å². The van der Waals surface area contributed by atoms with Gasteiger partial charge in [0.15, 0.2) is 0 Å². The van der Waals surface area contributed by atoms with E-state index in [0.717, 1.165) is 16.8 Å². The molecule has 0 aliphatic heterocycles. The van der Waals surface area contributed by atoms with Gasteiger partial charge in [-0.15, -0.1) is 0 Å². The maximum Gasteiger partial charge on any atom is 0.293 e. The summed E-state index contributed by atoms with van der Waals surface area (Å²) in [5.41, 5.74) is 10.4. The predicted octanol–water partition coefficient (Wildman–Crippen LogP) is 3.59. The first-order valence-electron chi connectivity index (χ1n) is 7.00. The van der Waals surface area contributed by atoms with Gasteiger partial charge in [0, 0.05) is 11.4 Å². The van der Waals surface area contributed by atoms with Crippen LogP contribution in [0.25, 0.3) is 11.1 Å². The molecule has 1 aromatic carbocycles. The molecule has 0 unspecified atom stereocenters. The Morgan fingerprint density at radius 1 is 1.18 bits per heavy atom. The van der Waals surface area contributed by atoms with Crippen LogP contribution in [0.1, 0.15) is 27.4 Å². The van der Waals surface area contributed by atoms with Crippen molar-refractivity contribution < 1.29 is 9.21 Å². The van der Waals surface area contributed by atoms with Crippen molar-refractivity contribution in [3.05, 3.63) is 52.9 Å². The first kappa shape index (κ1) is 14.1. The highest BCUT2D eigenvalue weighted by molar-refractivity contribution is 6.11. The summed E-state index contributed by atoms with van der Waals surface area (Å²) in [6.45, 7) is 5.78. The van der Waals surface area contributed by atoms with E-state index in [9.17, 15) is 4.79 Å². The molecule has 2 aromatic heterocycles. The Morgan fingerprint density at radius 3 is 2.55 bits per heavy atom. The van der Waals surface area contributed by atoms with Gasteiger partial charge in [0.2, 0.25) is 11.5 Å². The highest BCUT2D eigenvalue weighted by Gasteiger charge is 2.21. The van der Waals surface area contributed by atoms with Crippen LogP contribution in [0, 0.1) is 20.8 Å². The van der Waals surface area contributed by atoms with Gasteiger partial charge >= 0.3 is 0 Å². The second kappa shape index (κ2) is 5.18. The number of nitrogens with one attached hydrogen (secondary N) is 1. The summed E-state index contributed by atoms with van der Waals surface area (Å²) in [5, 5.41) is 3.47. The van der Waals surface area contributed by atoms with Crippen molar-refractivity contribution in [2.45, 2.75) is 20.8 Å². The largest absolute Gasteiger partial charge is 0.430 e. The number of carbonyl (C=O) groups is 1. The molecule has 0 spiro atoms. The minimum absolute atomic E-state index is 0.0942. The molecule has 0 saturated carbocycles. The smallest absolute Gasteiger partial charge is 0.293 e. The molecule has 5 heteroatoms. The third kappa shape index (κ3) is 2.41. The van der Waals surface area contributed by atoms with E-state index in [2.05, 4.69) is 10.3 Å². The number of aromatic nitrogens is 1. The van der Waals surface area contributed by atoms with Gasteiger partial charge in [-0.2, -0.15) is 0 Å². The summed E-state index contributed by atoms with van der Waals surface area (Å²) in [6.07, 6.45) is 0. The number of amides is 1. The van der Waals surface area contributed by atoms with Crippen LogP contribution in [0.4, 0.5) is 11.4 Å². The first-order valence-corrected chi connectivity index (χ1v) is 7.00. The molecule has 3 aromatic rings. The molecule has 0 aliphatic carbocycles. The van der Waals surface area contributed by atoms with Crippen molar-refractivity contribution >= 4 is 28.4 Å². The summed E-state index contributed by atoms with van der Waals surface area (Å²) in [5.74, 6) is -0.284. The van der Waals surface area contributed by atoms with E-state index >= 15 is 0 Å². The number of pyridine rings is 1. The van der Waals surface area contributed by atoms with Crippen molar-refractivity contribution in [1.29, 1.82) is 0 Å². The Labute approximate surface area is 128 Å². The second-order valence-corrected chi connectivity index (χ2v) is 5.43. The van der Waals surface area contributed by atoms with E-state index in [4.69, 9.17) is 10.2 Å². The van der Waals surface area contributed by atoms with Crippen LogP contribution >= 0.6 is 0 Å². The van der Waals surface area contributed by atoms with Gasteiger partial charge in [-0.1, -0.05) is 17.7 Å². The maximum atomic E-state index is 12.4. The SMILES string of the molecule is Cc1ccc(NC(=O)c2oc3nc(C)cc(C)c3c2N)cc1. The summed E-state index contributed by atoms with van der Waals surface area (Å²) in [4.78, 5) is 16.7. The molecule has 0 atom stereocenters. The van der Waals surface area contributed by atoms with Gasteiger partial charge in [-0.3, -0.25) is 4.79 Å². The highest BCUT2D eigenvalue weighted by Crippen LogP contribution is 2.30. The van der Waals surface area contributed by atoms with Crippen molar-refractivity contribution in [2.24, 2.45) is 0 Å². The third-order valence-corrected chi connectivity index (χ3v) is 3.54. The van der Waals surface area contributed by atoms with Crippen LogP contribution in [0.3, 0.4) is 0 Å². The van der Waals surface area contributed by atoms with Crippen LogP contribution in [-0.4, -0.2) is 10.9 Å².